The van der Waals surface area contributed by atoms with Crippen LogP contribution in [0.3, 0.4) is 0 Å². The van der Waals surface area contributed by atoms with Crippen LogP contribution in [-0.4, -0.2) is 18.5 Å². The summed E-state index contributed by atoms with van der Waals surface area (Å²) in [4.78, 5) is 24.1. The predicted octanol–water partition coefficient (Wildman–Crippen LogP) is 6.24. The summed E-state index contributed by atoms with van der Waals surface area (Å²) in [6.45, 7) is 2.10. The molecule has 1 N–H and O–H groups in total. The van der Waals surface area contributed by atoms with E-state index >= 15 is 0 Å². The summed E-state index contributed by atoms with van der Waals surface area (Å²) in [6.07, 6.45) is 0.146. The molecule has 0 saturated heterocycles. The van der Waals surface area contributed by atoms with Crippen molar-refractivity contribution in [1.82, 2.24) is 0 Å². The van der Waals surface area contributed by atoms with Gasteiger partial charge in [-0.3, -0.25) is 9.59 Å². The van der Waals surface area contributed by atoms with Gasteiger partial charge in [0, 0.05) is 11.1 Å². The molecule has 0 radical (unpaired) electrons. The Hall–Kier alpha value is -3.77. The lowest BCUT2D eigenvalue weighted by Gasteiger charge is -2.10. The molecule has 0 aliphatic rings. The lowest BCUT2D eigenvalue weighted by molar-refractivity contribution is -0.142. The van der Waals surface area contributed by atoms with Crippen molar-refractivity contribution in [3.8, 4) is 11.5 Å². The minimum atomic E-state index is -0.338. The molecule has 3 aromatic carbocycles. The van der Waals surface area contributed by atoms with E-state index in [0.29, 0.717) is 34.4 Å². The third-order valence-electron chi connectivity index (χ3n) is 4.64. The number of nitrogens with one attached hydrogen (secondary N) is 1. The molecule has 0 saturated carbocycles. The fourth-order valence-corrected chi connectivity index (χ4v) is 3.38. The minimum absolute atomic E-state index is 0.146. The Morgan fingerprint density at radius 3 is 2.50 bits per heavy atom. The van der Waals surface area contributed by atoms with E-state index in [-0.39, 0.29) is 24.1 Å². The van der Waals surface area contributed by atoms with E-state index in [4.69, 9.17) is 25.5 Å². The summed E-state index contributed by atoms with van der Waals surface area (Å²) in [7, 11) is 0. The van der Waals surface area contributed by atoms with Crippen molar-refractivity contribution >= 4 is 40.1 Å². The molecule has 1 heterocycles. The van der Waals surface area contributed by atoms with Gasteiger partial charge < -0.3 is 19.2 Å². The molecule has 0 fully saturated rings. The summed E-state index contributed by atoms with van der Waals surface area (Å²) >= 11 is 6.30. The van der Waals surface area contributed by atoms with Crippen LogP contribution in [0.4, 0.5) is 5.69 Å². The number of carbonyl (C=O) groups is 2. The SMILES string of the molecule is CCOC(=O)Cc1ccc(Oc2ccc(NC(=O)c3cc4ccccc4o3)cc2)c(Cl)c1. The fraction of sp³-hybridized carbons (Fsp3) is 0.120. The smallest absolute Gasteiger partial charge is 0.310 e. The monoisotopic (exact) mass is 449 g/mol. The molecular weight excluding hydrogens is 430 g/mol. The number of amides is 1. The molecule has 1 amide bonds. The van der Waals surface area contributed by atoms with Gasteiger partial charge in [-0.25, -0.2) is 0 Å². The predicted molar refractivity (Wildman–Crippen MR) is 122 cm³/mol. The maximum Gasteiger partial charge on any atom is 0.310 e. The van der Waals surface area contributed by atoms with Gasteiger partial charge in [-0.15, -0.1) is 0 Å². The third kappa shape index (κ3) is 5.10. The molecule has 0 spiro atoms. The van der Waals surface area contributed by atoms with Crippen LogP contribution in [0.5, 0.6) is 11.5 Å². The summed E-state index contributed by atoms with van der Waals surface area (Å²) in [5, 5.41) is 4.05. The van der Waals surface area contributed by atoms with Crippen molar-refractivity contribution in [2.24, 2.45) is 0 Å². The zero-order chi connectivity index (χ0) is 22.5. The Kier molecular flexibility index (Phi) is 6.42. The van der Waals surface area contributed by atoms with E-state index in [9.17, 15) is 9.59 Å². The number of fused-ring (bicyclic) bond motifs is 1. The van der Waals surface area contributed by atoms with E-state index in [0.717, 1.165) is 10.9 Å². The van der Waals surface area contributed by atoms with Crippen LogP contribution in [0.15, 0.2) is 77.2 Å². The van der Waals surface area contributed by atoms with Crippen molar-refractivity contribution < 1.29 is 23.5 Å². The van der Waals surface area contributed by atoms with E-state index < -0.39 is 0 Å². The Balaban J connectivity index is 1.39. The first kappa shape index (κ1) is 21.5. The second-order valence-corrected chi connectivity index (χ2v) is 7.38. The second kappa shape index (κ2) is 9.58. The molecule has 6 nitrogen and oxygen atoms in total. The molecule has 0 atom stereocenters. The number of halogens is 1. The van der Waals surface area contributed by atoms with Crippen LogP contribution in [0.2, 0.25) is 5.02 Å². The first-order valence-corrected chi connectivity index (χ1v) is 10.4. The highest BCUT2D eigenvalue weighted by molar-refractivity contribution is 6.32. The Bertz CT molecular complexity index is 1230. The summed E-state index contributed by atoms with van der Waals surface area (Å²) in [6, 6.07) is 21.2. The van der Waals surface area contributed by atoms with Crippen LogP contribution >= 0.6 is 11.6 Å². The zero-order valence-corrected chi connectivity index (χ0v) is 18.0. The largest absolute Gasteiger partial charge is 0.466 e. The van der Waals surface area contributed by atoms with Crippen molar-refractivity contribution in [3.63, 3.8) is 0 Å². The van der Waals surface area contributed by atoms with Crippen LogP contribution in [0.1, 0.15) is 23.0 Å². The van der Waals surface area contributed by atoms with Gasteiger partial charge in [-0.05, 0) is 61.0 Å². The van der Waals surface area contributed by atoms with Crippen LogP contribution in [0, 0.1) is 0 Å². The summed E-state index contributed by atoms with van der Waals surface area (Å²) < 4.78 is 16.4. The van der Waals surface area contributed by atoms with E-state index in [2.05, 4.69) is 5.32 Å². The Labute approximate surface area is 189 Å². The molecule has 4 rings (SSSR count). The average molecular weight is 450 g/mol. The van der Waals surface area contributed by atoms with Crippen molar-refractivity contribution in [2.45, 2.75) is 13.3 Å². The fourth-order valence-electron chi connectivity index (χ4n) is 3.14. The normalized spacial score (nSPS) is 10.7. The quantitative estimate of drug-likeness (QED) is 0.338. The third-order valence-corrected chi connectivity index (χ3v) is 4.93. The van der Waals surface area contributed by atoms with Gasteiger partial charge in [0.1, 0.15) is 17.1 Å². The molecule has 0 aliphatic heterocycles. The number of rotatable bonds is 7. The summed E-state index contributed by atoms with van der Waals surface area (Å²) in [5.74, 6) is 0.596. The van der Waals surface area contributed by atoms with Gasteiger partial charge >= 0.3 is 5.97 Å². The molecule has 0 bridgehead atoms. The highest BCUT2D eigenvalue weighted by Crippen LogP contribution is 2.31. The summed E-state index contributed by atoms with van der Waals surface area (Å²) in [5.41, 5.74) is 2.00. The number of ether oxygens (including phenoxy) is 2. The number of hydrogen-bond acceptors (Lipinski definition) is 5. The minimum Gasteiger partial charge on any atom is -0.466 e. The van der Waals surface area contributed by atoms with Crippen LogP contribution in [0.25, 0.3) is 11.0 Å². The standard InChI is InChI=1S/C25H20ClNO5/c1-2-30-24(28)14-16-7-12-22(20(26)13-16)31-19-10-8-18(9-11-19)27-25(29)23-15-17-5-3-4-6-21(17)32-23/h3-13,15H,2,14H2,1H3,(H,27,29). The van der Waals surface area contributed by atoms with Gasteiger partial charge in [0.25, 0.3) is 5.91 Å². The maximum atomic E-state index is 12.5. The number of benzene rings is 3. The molecule has 32 heavy (non-hydrogen) atoms. The zero-order valence-electron chi connectivity index (χ0n) is 17.3. The number of furan rings is 1. The number of para-hydroxylation sites is 1. The van der Waals surface area contributed by atoms with E-state index in [1.807, 2.05) is 24.3 Å². The highest BCUT2D eigenvalue weighted by Gasteiger charge is 2.13. The molecule has 0 aliphatic carbocycles. The van der Waals surface area contributed by atoms with Gasteiger partial charge in [0.05, 0.1) is 18.1 Å². The Morgan fingerprint density at radius 2 is 1.78 bits per heavy atom. The molecule has 162 valence electrons. The number of carbonyl (C=O) groups excluding carboxylic acids is 2. The molecule has 0 unspecified atom stereocenters. The van der Waals surface area contributed by atoms with Crippen molar-refractivity contribution in [1.29, 1.82) is 0 Å². The topological polar surface area (TPSA) is 77.8 Å². The molecule has 7 heteroatoms. The number of esters is 1. The lowest BCUT2D eigenvalue weighted by Crippen LogP contribution is -2.10. The molecule has 4 aromatic rings. The Morgan fingerprint density at radius 1 is 1.00 bits per heavy atom. The first-order chi connectivity index (χ1) is 15.5. The van der Waals surface area contributed by atoms with E-state index in [1.165, 1.54) is 0 Å². The number of hydrogen-bond donors (Lipinski definition) is 1. The van der Waals surface area contributed by atoms with Crippen molar-refractivity contribution in [2.75, 3.05) is 11.9 Å². The highest BCUT2D eigenvalue weighted by atomic mass is 35.5. The van der Waals surface area contributed by atoms with Crippen LogP contribution < -0.4 is 10.1 Å². The van der Waals surface area contributed by atoms with Crippen molar-refractivity contribution in [3.05, 3.63) is 89.1 Å². The van der Waals surface area contributed by atoms with Crippen LogP contribution in [-0.2, 0) is 16.0 Å². The van der Waals surface area contributed by atoms with Gasteiger partial charge in [-0.2, -0.15) is 0 Å². The average Bonchev–Trinajstić information content (AvgIpc) is 3.22. The molecular formula is C25H20ClNO5. The maximum absolute atomic E-state index is 12.5. The first-order valence-electron chi connectivity index (χ1n) is 10.0. The van der Waals surface area contributed by atoms with Gasteiger partial charge in [-0.1, -0.05) is 35.9 Å². The lowest BCUT2D eigenvalue weighted by atomic mass is 10.1. The van der Waals surface area contributed by atoms with Gasteiger partial charge in [0.2, 0.25) is 0 Å². The second-order valence-electron chi connectivity index (χ2n) is 6.98. The van der Waals surface area contributed by atoms with Gasteiger partial charge in [0.15, 0.2) is 5.76 Å². The number of anilines is 1. The molecule has 1 aromatic heterocycles. The van der Waals surface area contributed by atoms with E-state index in [1.54, 1.807) is 55.5 Å².